The van der Waals surface area contributed by atoms with Gasteiger partial charge in [0.15, 0.2) is 0 Å². The van der Waals surface area contributed by atoms with E-state index in [0.29, 0.717) is 19.4 Å². The van der Waals surface area contributed by atoms with Gasteiger partial charge in [-0.2, -0.15) is 0 Å². The average Bonchev–Trinajstić information content (AvgIpc) is 2.79. The number of carbonyl (C=O) groups is 1. The van der Waals surface area contributed by atoms with Crippen molar-refractivity contribution in [1.29, 1.82) is 0 Å². The van der Waals surface area contributed by atoms with Crippen LogP contribution in [0.4, 0.5) is 5.69 Å². The highest BCUT2D eigenvalue weighted by Gasteiger charge is 2.25. The summed E-state index contributed by atoms with van der Waals surface area (Å²) in [6, 6.07) is 7.03. The van der Waals surface area contributed by atoms with E-state index in [4.69, 9.17) is 4.74 Å². The van der Waals surface area contributed by atoms with Gasteiger partial charge in [0, 0.05) is 31.6 Å². The molecule has 0 spiro atoms. The van der Waals surface area contributed by atoms with Crippen LogP contribution in [0.15, 0.2) is 36.7 Å². The summed E-state index contributed by atoms with van der Waals surface area (Å²) in [6.45, 7) is 2.23. The quantitative estimate of drug-likeness (QED) is 0.836. The zero-order chi connectivity index (χ0) is 14.5. The molecule has 0 radical (unpaired) electrons. The maximum absolute atomic E-state index is 11.5. The van der Waals surface area contributed by atoms with Gasteiger partial charge in [-0.15, -0.1) is 0 Å². The molecule has 1 aliphatic rings. The summed E-state index contributed by atoms with van der Waals surface area (Å²) in [5, 5.41) is 9.34. The lowest BCUT2D eigenvalue weighted by molar-refractivity contribution is -0.143. The molecule has 0 bridgehead atoms. The first-order chi connectivity index (χ1) is 9.61. The number of aromatic hydroxyl groups is 1. The van der Waals surface area contributed by atoms with Crippen LogP contribution < -0.4 is 4.90 Å². The maximum atomic E-state index is 11.5. The number of anilines is 1. The molecule has 5 nitrogen and oxygen atoms in total. The molecule has 1 heterocycles. The first-order valence-corrected chi connectivity index (χ1v) is 6.75. The zero-order valence-electron chi connectivity index (χ0n) is 11.8. The summed E-state index contributed by atoms with van der Waals surface area (Å²) in [6.07, 6.45) is 5.11. The van der Waals surface area contributed by atoms with Gasteiger partial charge >= 0.3 is 5.97 Å². The van der Waals surface area contributed by atoms with Crippen molar-refractivity contribution in [3.8, 4) is 5.75 Å². The third kappa shape index (κ3) is 3.23. The SMILES string of the molecule is CCOC(=O)CCC1N(C)C=CN1c1ccc(O)cc1. The van der Waals surface area contributed by atoms with Gasteiger partial charge in [0.1, 0.15) is 11.9 Å². The van der Waals surface area contributed by atoms with E-state index in [-0.39, 0.29) is 17.9 Å². The second-order valence-electron chi connectivity index (χ2n) is 4.71. The molecule has 2 rings (SSSR count). The Bertz CT molecular complexity index is 484. The van der Waals surface area contributed by atoms with Crippen LogP contribution in [0.25, 0.3) is 0 Å². The summed E-state index contributed by atoms with van der Waals surface area (Å²) in [4.78, 5) is 15.6. The minimum Gasteiger partial charge on any atom is -0.508 e. The van der Waals surface area contributed by atoms with Crippen LogP contribution >= 0.6 is 0 Å². The van der Waals surface area contributed by atoms with Crippen molar-refractivity contribution >= 4 is 11.7 Å². The number of hydrogen-bond donors (Lipinski definition) is 1. The van der Waals surface area contributed by atoms with Crippen molar-refractivity contribution in [2.45, 2.75) is 25.9 Å². The second-order valence-corrected chi connectivity index (χ2v) is 4.71. The molecule has 0 amide bonds. The van der Waals surface area contributed by atoms with E-state index in [0.717, 1.165) is 5.69 Å². The summed E-state index contributed by atoms with van der Waals surface area (Å²) in [5.41, 5.74) is 0.984. The fourth-order valence-electron chi connectivity index (χ4n) is 2.28. The number of phenolic OH excluding ortho intramolecular Hbond substituents is 1. The van der Waals surface area contributed by atoms with E-state index < -0.39 is 0 Å². The average molecular weight is 276 g/mol. The number of rotatable bonds is 5. The van der Waals surface area contributed by atoms with Crippen molar-refractivity contribution < 1.29 is 14.6 Å². The van der Waals surface area contributed by atoms with Gasteiger partial charge in [-0.1, -0.05) is 0 Å². The Morgan fingerprint density at radius 3 is 2.65 bits per heavy atom. The van der Waals surface area contributed by atoms with Crippen LogP contribution in [0, 0.1) is 0 Å². The molecule has 0 saturated heterocycles. The van der Waals surface area contributed by atoms with Crippen LogP contribution in [0.1, 0.15) is 19.8 Å². The van der Waals surface area contributed by atoms with Crippen LogP contribution in [-0.4, -0.2) is 35.8 Å². The zero-order valence-corrected chi connectivity index (χ0v) is 11.8. The summed E-state index contributed by atoms with van der Waals surface area (Å²) >= 11 is 0. The molecule has 5 heteroatoms. The molecular formula is C15H20N2O3. The van der Waals surface area contributed by atoms with Crippen LogP contribution in [-0.2, 0) is 9.53 Å². The Balaban J connectivity index is 2.02. The van der Waals surface area contributed by atoms with Gasteiger partial charge < -0.3 is 19.6 Å². The van der Waals surface area contributed by atoms with Crippen molar-refractivity contribution in [2.75, 3.05) is 18.6 Å². The van der Waals surface area contributed by atoms with E-state index in [1.807, 2.05) is 38.5 Å². The normalized spacial score (nSPS) is 17.6. The fourth-order valence-corrected chi connectivity index (χ4v) is 2.28. The summed E-state index contributed by atoms with van der Waals surface area (Å²) in [7, 11) is 1.98. The number of phenols is 1. The summed E-state index contributed by atoms with van der Waals surface area (Å²) in [5.74, 6) is 0.0758. The minimum absolute atomic E-state index is 0.0870. The molecule has 1 atom stereocenters. The molecule has 0 fully saturated rings. The largest absolute Gasteiger partial charge is 0.508 e. The molecule has 0 aromatic heterocycles. The van der Waals surface area contributed by atoms with Gasteiger partial charge in [-0.05, 0) is 37.6 Å². The number of nitrogens with zero attached hydrogens (tertiary/aromatic N) is 2. The number of benzene rings is 1. The number of carbonyl (C=O) groups excluding carboxylic acids is 1. The molecule has 1 N–H and O–H groups in total. The maximum Gasteiger partial charge on any atom is 0.305 e. The minimum atomic E-state index is -0.168. The highest BCUT2D eigenvalue weighted by Crippen LogP contribution is 2.27. The predicted molar refractivity (Wildman–Crippen MR) is 77.1 cm³/mol. The fraction of sp³-hybridized carbons (Fsp3) is 0.400. The topological polar surface area (TPSA) is 53.0 Å². The lowest BCUT2D eigenvalue weighted by atomic mass is 10.2. The highest BCUT2D eigenvalue weighted by molar-refractivity contribution is 5.69. The van der Waals surface area contributed by atoms with Gasteiger partial charge in [-0.3, -0.25) is 4.79 Å². The molecule has 1 aliphatic heterocycles. The van der Waals surface area contributed by atoms with Crippen molar-refractivity contribution in [1.82, 2.24) is 4.90 Å². The molecule has 1 aromatic rings. The van der Waals surface area contributed by atoms with E-state index >= 15 is 0 Å². The van der Waals surface area contributed by atoms with Gasteiger partial charge in [-0.25, -0.2) is 0 Å². The number of esters is 1. The van der Waals surface area contributed by atoms with Gasteiger partial charge in [0.2, 0.25) is 0 Å². The van der Waals surface area contributed by atoms with Crippen LogP contribution in [0.5, 0.6) is 5.75 Å². The lowest BCUT2D eigenvalue weighted by Crippen LogP contribution is -2.37. The van der Waals surface area contributed by atoms with Gasteiger partial charge in [0.25, 0.3) is 0 Å². The molecule has 20 heavy (non-hydrogen) atoms. The molecule has 108 valence electrons. The van der Waals surface area contributed by atoms with Crippen molar-refractivity contribution in [2.24, 2.45) is 0 Å². The molecule has 0 aliphatic carbocycles. The smallest absolute Gasteiger partial charge is 0.305 e. The number of hydrogen-bond acceptors (Lipinski definition) is 5. The Morgan fingerprint density at radius 2 is 2.00 bits per heavy atom. The monoisotopic (exact) mass is 276 g/mol. The van der Waals surface area contributed by atoms with E-state index in [1.54, 1.807) is 12.1 Å². The van der Waals surface area contributed by atoms with E-state index in [9.17, 15) is 9.90 Å². The lowest BCUT2D eigenvalue weighted by Gasteiger charge is -2.30. The van der Waals surface area contributed by atoms with Crippen molar-refractivity contribution in [3.05, 3.63) is 36.7 Å². The standard InChI is InChI=1S/C15H20N2O3/c1-3-20-15(19)9-8-14-16(2)10-11-17(14)12-4-6-13(18)7-5-12/h4-7,10-11,14,18H,3,8-9H2,1-2H3. The van der Waals surface area contributed by atoms with E-state index in [1.165, 1.54) is 0 Å². The predicted octanol–water partition coefficient (Wildman–Crippen LogP) is 2.28. The Labute approximate surface area is 119 Å². The molecule has 1 unspecified atom stereocenters. The Hall–Kier alpha value is -2.17. The first-order valence-electron chi connectivity index (χ1n) is 6.75. The third-order valence-corrected chi connectivity index (χ3v) is 3.31. The second kappa shape index (κ2) is 6.32. The van der Waals surface area contributed by atoms with E-state index in [2.05, 4.69) is 9.80 Å². The first kappa shape index (κ1) is 14.2. The van der Waals surface area contributed by atoms with Gasteiger partial charge in [0.05, 0.1) is 6.61 Å². The van der Waals surface area contributed by atoms with Crippen LogP contribution in [0.3, 0.4) is 0 Å². The van der Waals surface area contributed by atoms with Crippen molar-refractivity contribution in [3.63, 3.8) is 0 Å². The third-order valence-electron chi connectivity index (χ3n) is 3.31. The molecule has 1 aromatic carbocycles. The molecule has 0 saturated carbocycles. The molecular weight excluding hydrogens is 256 g/mol. The Morgan fingerprint density at radius 1 is 1.30 bits per heavy atom. The highest BCUT2D eigenvalue weighted by atomic mass is 16.5. The Kier molecular flexibility index (Phi) is 4.50. The number of ether oxygens (including phenoxy) is 1. The van der Waals surface area contributed by atoms with Crippen LogP contribution in [0.2, 0.25) is 0 Å². The summed E-state index contributed by atoms with van der Waals surface area (Å²) < 4.78 is 4.96.